The predicted molar refractivity (Wildman–Crippen MR) is 72.8 cm³/mol. The summed E-state index contributed by atoms with van der Waals surface area (Å²) in [4.78, 5) is 24.7. The van der Waals surface area contributed by atoms with Gasteiger partial charge in [0, 0.05) is 17.8 Å². The van der Waals surface area contributed by atoms with E-state index in [4.69, 9.17) is 4.74 Å². The zero-order chi connectivity index (χ0) is 13.9. The number of nitrogens with zero attached hydrogens (tertiary/aromatic N) is 3. The van der Waals surface area contributed by atoms with E-state index in [2.05, 4.69) is 15.0 Å². The monoisotopic (exact) mass is 277 g/mol. The molecule has 0 radical (unpaired) electrons. The maximum absolute atomic E-state index is 11.9. The SMILES string of the molecule is CCOC(=O)C(C)(C)c1csc(-c2ncccn2)n1. The summed E-state index contributed by atoms with van der Waals surface area (Å²) in [6.45, 7) is 5.75. The first-order chi connectivity index (χ1) is 9.05. The van der Waals surface area contributed by atoms with E-state index in [9.17, 15) is 4.79 Å². The van der Waals surface area contributed by atoms with Crippen molar-refractivity contribution in [1.82, 2.24) is 15.0 Å². The average Bonchev–Trinajstić information content (AvgIpc) is 2.90. The largest absolute Gasteiger partial charge is 0.465 e. The van der Waals surface area contributed by atoms with Crippen molar-refractivity contribution in [1.29, 1.82) is 0 Å². The van der Waals surface area contributed by atoms with Gasteiger partial charge in [0.05, 0.1) is 12.3 Å². The summed E-state index contributed by atoms with van der Waals surface area (Å²) in [5.41, 5.74) is -0.0853. The van der Waals surface area contributed by atoms with Gasteiger partial charge in [-0.2, -0.15) is 0 Å². The van der Waals surface area contributed by atoms with Crippen LogP contribution in [0.15, 0.2) is 23.8 Å². The minimum absolute atomic E-state index is 0.277. The van der Waals surface area contributed by atoms with Crippen molar-refractivity contribution in [2.24, 2.45) is 0 Å². The van der Waals surface area contributed by atoms with Gasteiger partial charge in [-0.15, -0.1) is 11.3 Å². The lowest BCUT2D eigenvalue weighted by atomic mass is 9.90. The quantitative estimate of drug-likeness (QED) is 0.803. The van der Waals surface area contributed by atoms with E-state index in [0.29, 0.717) is 23.1 Å². The molecule has 2 aromatic rings. The van der Waals surface area contributed by atoms with Gasteiger partial charge >= 0.3 is 5.97 Å². The second-order valence-corrected chi connectivity index (χ2v) is 5.31. The van der Waals surface area contributed by atoms with Gasteiger partial charge in [-0.3, -0.25) is 4.79 Å². The van der Waals surface area contributed by atoms with Gasteiger partial charge in [0.2, 0.25) is 0 Å². The molecule has 0 bridgehead atoms. The third-order valence-corrected chi connectivity index (χ3v) is 3.53. The zero-order valence-electron chi connectivity index (χ0n) is 11.1. The molecule has 0 saturated carbocycles. The van der Waals surface area contributed by atoms with Gasteiger partial charge in [0.1, 0.15) is 5.41 Å². The molecule has 2 rings (SSSR count). The molecule has 0 aliphatic rings. The molecule has 0 spiro atoms. The number of carbonyl (C=O) groups is 1. The molecule has 0 aliphatic carbocycles. The third kappa shape index (κ3) is 2.78. The molecule has 0 aromatic carbocycles. The molecule has 2 heterocycles. The van der Waals surface area contributed by atoms with E-state index >= 15 is 0 Å². The van der Waals surface area contributed by atoms with Crippen LogP contribution in [0, 0.1) is 0 Å². The van der Waals surface area contributed by atoms with Crippen LogP contribution in [-0.2, 0) is 14.9 Å². The number of aromatic nitrogens is 3. The molecule has 0 saturated heterocycles. The molecule has 100 valence electrons. The Balaban J connectivity index is 2.28. The first kappa shape index (κ1) is 13.6. The standard InChI is InChI=1S/C13H15N3O2S/c1-4-18-12(17)13(2,3)9-8-19-11(16-9)10-14-6-5-7-15-10/h5-8H,4H2,1-3H3. The minimum atomic E-state index is -0.764. The first-order valence-electron chi connectivity index (χ1n) is 5.96. The van der Waals surface area contributed by atoms with Gasteiger partial charge in [-0.05, 0) is 26.8 Å². The number of esters is 1. The fourth-order valence-electron chi connectivity index (χ4n) is 1.49. The van der Waals surface area contributed by atoms with Crippen LogP contribution in [0.5, 0.6) is 0 Å². The van der Waals surface area contributed by atoms with Gasteiger partial charge in [-0.25, -0.2) is 15.0 Å². The maximum atomic E-state index is 11.9. The topological polar surface area (TPSA) is 65.0 Å². The lowest BCUT2D eigenvalue weighted by Gasteiger charge is -2.19. The third-order valence-electron chi connectivity index (χ3n) is 2.69. The molecule has 19 heavy (non-hydrogen) atoms. The molecule has 0 amide bonds. The fraction of sp³-hybridized carbons (Fsp3) is 0.385. The number of hydrogen-bond donors (Lipinski definition) is 0. The van der Waals surface area contributed by atoms with Crippen LogP contribution in [0.2, 0.25) is 0 Å². The lowest BCUT2D eigenvalue weighted by Crippen LogP contribution is -2.31. The average molecular weight is 277 g/mol. The Hall–Kier alpha value is -1.82. The van der Waals surface area contributed by atoms with E-state index in [1.807, 2.05) is 5.38 Å². The molecule has 0 atom stereocenters. The number of carbonyl (C=O) groups excluding carboxylic acids is 1. The van der Waals surface area contributed by atoms with Crippen LogP contribution in [0.4, 0.5) is 0 Å². The lowest BCUT2D eigenvalue weighted by molar-refractivity contribution is -0.148. The second-order valence-electron chi connectivity index (χ2n) is 4.46. The van der Waals surface area contributed by atoms with Crippen molar-refractivity contribution in [3.8, 4) is 10.8 Å². The highest BCUT2D eigenvalue weighted by molar-refractivity contribution is 7.13. The molecular weight excluding hydrogens is 262 g/mol. The van der Waals surface area contributed by atoms with Gasteiger partial charge in [-0.1, -0.05) is 0 Å². The summed E-state index contributed by atoms with van der Waals surface area (Å²) in [6.07, 6.45) is 3.33. The van der Waals surface area contributed by atoms with Gasteiger partial charge < -0.3 is 4.74 Å². The van der Waals surface area contributed by atoms with E-state index < -0.39 is 5.41 Å². The van der Waals surface area contributed by atoms with Crippen LogP contribution >= 0.6 is 11.3 Å². The Kier molecular flexibility index (Phi) is 3.90. The highest BCUT2D eigenvalue weighted by Gasteiger charge is 2.34. The summed E-state index contributed by atoms with van der Waals surface area (Å²) in [5, 5.41) is 2.55. The number of thiazole rings is 1. The van der Waals surface area contributed by atoms with Gasteiger partial charge in [0.15, 0.2) is 10.8 Å². The van der Waals surface area contributed by atoms with Crippen LogP contribution in [-0.4, -0.2) is 27.5 Å². The first-order valence-corrected chi connectivity index (χ1v) is 6.84. The fourth-order valence-corrected chi connectivity index (χ4v) is 2.42. The summed E-state index contributed by atoms with van der Waals surface area (Å²) >= 11 is 1.42. The Morgan fingerprint density at radius 3 is 2.68 bits per heavy atom. The molecule has 0 aliphatic heterocycles. The van der Waals surface area contributed by atoms with Crippen molar-refractivity contribution in [2.75, 3.05) is 6.61 Å². The van der Waals surface area contributed by atoms with Crippen molar-refractivity contribution in [3.05, 3.63) is 29.5 Å². The van der Waals surface area contributed by atoms with Crippen LogP contribution in [0.3, 0.4) is 0 Å². The number of hydrogen-bond acceptors (Lipinski definition) is 6. The normalized spacial score (nSPS) is 11.3. The molecule has 0 N–H and O–H groups in total. The molecule has 0 unspecified atom stereocenters. The van der Waals surface area contributed by atoms with Gasteiger partial charge in [0.25, 0.3) is 0 Å². The molecule has 5 nitrogen and oxygen atoms in total. The summed E-state index contributed by atoms with van der Waals surface area (Å²) in [6, 6.07) is 1.75. The van der Waals surface area contributed by atoms with Crippen molar-refractivity contribution < 1.29 is 9.53 Å². The smallest absolute Gasteiger partial charge is 0.317 e. The summed E-state index contributed by atoms with van der Waals surface area (Å²) < 4.78 is 5.07. The Morgan fingerprint density at radius 1 is 1.37 bits per heavy atom. The van der Waals surface area contributed by atoms with Crippen molar-refractivity contribution in [3.63, 3.8) is 0 Å². The van der Waals surface area contributed by atoms with E-state index in [1.54, 1.807) is 39.2 Å². The van der Waals surface area contributed by atoms with Crippen molar-refractivity contribution in [2.45, 2.75) is 26.2 Å². The second kappa shape index (κ2) is 5.44. The summed E-state index contributed by atoms with van der Waals surface area (Å²) in [7, 11) is 0. The van der Waals surface area contributed by atoms with Crippen molar-refractivity contribution >= 4 is 17.3 Å². The summed E-state index contributed by atoms with van der Waals surface area (Å²) in [5.74, 6) is 0.291. The Morgan fingerprint density at radius 2 is 2.05 bits per heavy atom. The molecular formula is C13H15N3O2S. The van der Waals surface area contributed by atoms with Crippen LogP contribution in [0.1, 0.15) is 26.5 Å². The maximum Gasteiger partial charge on any atom is 0.317 e. The molecule has 6 heteroatoms. The number of ether oxygens (including phenoxy) is 1. The molecule has 2 aromatic heterocycles. The number of rotatable bonds is 4. The Labute approximate surface area is 115 Å². The van der Waals surface area contributed by atoms with Crippen LogP contribution < -0.4 is 0 Å². The van der Waals surface area contributed by atoms with Crippen LogP contribution in [0.25, 0.3) is 10.8 Å². The van der Waals surface area contributed by atoms with E-state index in [1.165, 1.54) is 11.3 Å². The molecule has 0 fully saturated rings. The predicted octanol–water partition coefficient (Wildman–Crippen LogP) is 2.44. The Bertz CT molecular complexity index is 566. The van der Waals surface area contributed by atoms with E-state index in [0.717, 1.165) is 0 Å². The highest BCUT2D eigenvalue weighted by atomic mass is 32.1. The highest BCUT2D eigenvalue weighted by Crippen LogP contribution is 2.29. The van der Waals surface area contributed by atoms with E-state index in [-0.39, 0.29) is 5.97 Å². The zero-order valence-corrected chi connectivity index (χ0v) is 11.9. The minimum Gasteiger partial charge on any atom is -0.465 e.